The molecular formula is C17H16N2O2. The number of carbonyl (C=O) groups excluding carboxylic acids is 1. The molecule has 0 spiro atoms. The fourth-order valence-electron chi connectivity index (χ4n) is 3.21. The van der Waals surface area contributed by atoms with Crippen LogP contribution in [0.1, 0.15) is 29.8 Å². The van der Waals surface area contributed by atoms with E-state index in [1.165, 1.54) is 0 Å². The van der Waals surface area contributed by atoms with Gasteiger partial charge in [0.2, 0.25) is 0 Å². The molecule has 21 heavy (non-hydrogen) atoms. The molecule has 4 nitrogen and oxygen atoms in total. The van der Waals surface area contributed by atoms with Gasteiger partial charge in [0, 0.05) is 18.1 Å². The predicted molar refractivity (Wildman–Crippen MR) is 79.5 cm³/mol. The van der Waals surface area contributed by atoms with E-state index >= 15 is 0 Å². The van der Waals surface area contributed by atoms with Gasteiger partial charge in [0.05, 0.1) is 12.1 Å². The van der Waals surface area contributed by atoms with Crippen LogP contribution in [0.15, 0.2) is 54.7 Å². The monoisotopic (exact) mass is 280 g/mol. The van der Waals surface area contributed by atoms with Crippen molar-refractivity contribution in [2.24, 2.45) is 0 Å². The highest BCUT2D eigenvalue weighted by molar-refractivity contribution is 5.71. The Morgan fingerprint density at radius 2 is 1.90 bits per heavy atom. The minimum absolute atomic E-state index is 0.0152. The summed E-state index contributed by atoms with van der Waals surface area (Å²) in [5, 5.41) is 0. The van der Waals surface area contributed by atoms with Crippen molar-refractivity contribution < 1.29 is 9.53 Å². The lowest BCUT2D eigenvalue weighted by Gasteiger charge is -2.32. The first kappa shape index (κ1) is 12.3. The summed E-state index contributed by atoms with van der Waals surface area (Å²) in [5.74, 6) is 0. The molecule has 2 aliphatic heterocycles. The first-order valence-corrected chi connectivity index (χ1v) is 7.18. The van der Waals surface area contributed by atoms with E-state index in [0.29, 0.717) is 6.61 Å². The number of fused-ring (bicyclic) bond motifs is 1. The summed E-state index contributed by atoms with van der Waals surface area (Å²) in [7, 11) is 0. The van der Waals surface area contributed by atoms with Crippen LogP contribution in [-0.4, -0.2) is 22.2 Å². The Bertz CT molecular complexity index is 690. The summed E-state index contributed by atoms with van der Waals surface area (Å²) in [4.78, 5) is 14.1. The van der Waals surface area contributed by atoms with Crippen LogP contribution in [0.4, 0.5) is 4.79 Å². The summed E-state index contributed by atoms with van der Waals surface area (Å²) < 4.78 is 7.40. The van der Waals surface area contributed by atoms with Gasteiger partial charge in [-0.05, 0) is 24.1 Å². The highest BCUT2D eigenvalue weighted by Gasteiger charge is 2.40. The van der Waals surface area contributed by atoms with Crippen LogP contribution in [0.25, 0.3) is 6.20 Å². The summed E-state index contributed by atoms with van der Waals surface area (Å²) >= 11 is 0. The van der Waals surface area contributed by atoms with Crippen molar-refractivity contribution in [2.75, 3.05) is 6.61 Å². The van der Waals surface area contributed by atoms with Crippen molar-refractivity contribution in [1.82, 2.24) is 9.47 Å². The molecule has 106 valence electrons. The second-order valence-corrected chi connectivity index (χ2v) is 5.39. The second kappa shape index (κ2) is 4.81. The number of benzene rings is 1. The molecule has 0 aliphatic carbocycles. The lowest BCUT2D eigenvalue weighted by Crippen LogP contribution is -2.33. The maximum absolute atomic E-state index is 12.3. The third kappa shape index (κ3) is 1.95. The molecule has 2 aliphatic rings. The van der Waals surface area contributed by atoms with E-state index in [2.05, 4.69) is 28.8 Å². The molecular weight excluding hydrogens is 264 g/mol. The van der Waals surface area contributed by atoms with Gasteiger partial charge in [0.1, 0.15) is 6.61 Å². The predicted octanol–water partition coefficient (Wildman–Crippen LogP) is 3.60. The molecule has 2 atom stereocenters. The fourth-order valence-corrected chi connectivity index (χ4v) is 3.21. The van der Waals surface area contributed by atoms with Gasteiger partial charge in [0.15, 0.2) is 0 Å². The normalized spacial score (nSPS) is 24.0. The first-order chi connectivity index (χ1) is 10.3. The molecule has 0 saturated carbocycles. The quantitative estimate of drug-likeness (QED) is 0.842. The minimum atomic E-state index is -0.225. The van der Waals surface area contributed by atoms with Crippen LogP contribution in [-0.2, 0) is 4.74 Å². The van der Waals surface area contributed by atoms with E-state index in [1.54, 1.807) is 0 Å². The van der Waals surface area contributed by atoms with Crippen LogP contribution >= 0.6 is 0 Å². The van der Waals surface area contributed by atoms with E-state index in [0.717, 1.165) is 17.7 Å². The van der Waals surface area contributed by atoms with Gasteiger partial charge in [-0.1, -0.05) is 36.4 Å². The van der Waals surface area contributed by atoms with Gasteiger partial charge >= 0.3 is 6.09 Å². The van der Waals surface area contributed by atoms with Gasteiger partial charge in [-0.2, -0.15) is 0 Å². The van der Waals surface area contributed by atoms with Crippen LogP contribution in [0.2, 0.25) is 0 Å². The van der Waals surface area contributed by atoms with Crippen LogP contribution in [0, 0.1) is 0 Å². The molecule has 0 radical (unpaired) electrons. The first-order valence-electron chi connectivity index (χ1n) is 7.18. The Labute approximate surface area is 123 Å². The van der Waals surface area contributed by atoms with Gasteiger partial charge in [-0.25, -0.2) is 4.79 Å². The average Bonchev–Trinajstić information content (AvgIpc) is 3.14. The number of ether oxygens (including phenoxy) is 1. The zero-order valence-corrected chi connectivity index (χ0v) is 11.6. The molecule has 2 aromatic rings. The Morgan fingerprint density at radius 1 is 1.05 bits per heavy atom. The van der Waals surface area contributed by atoms with Crippen molar-refractivity contribution in [2.45, 2.75) is 18.5 Å². The Kier molecular flexibility index (Phi) is 2.81. The van der Waals surface area contributed by atoms with Crippen LogP contribution in [0.3, 0.4) is 0 Å². The minimum Gasteiger partial charge on any atom is -0.447 e. The molecule has 4 heteroatoms. The highest BCUT2D eigenvalue weighted by atomic mass is 16.6. The van der Waals surface area contributed by atoms with Crippen molar-refractivity contribution in [3.63, 3.8) is 0 Å². The van der Waals surface area contributed by atoms with Crippen LogP contribution in [0.5, 0.6) is 0 Å². The summed E-state index contributed by atoms with van der Waals surface area (Å²) in [5.41, 5.74) is 2.26. The van der Waals surface area contributed by atoms with E-state index in [4.69, 9.17) is 4.74 Å². The van der Waals surface area contributed by atoms with Gasteiger partial charge in [-0.15, -0.1) is 0 Å². The topological polar surface area (TPSA) is 34.5 Å². The van der Waals surface area contributed by atoms with Crippen molar-refractivity contribution in [1.29, 1.82) is 0 Å². The Morgan fingerprint density at radius 3 is 2.76 bits per heavy atom. The number of nitrogens with zero attached hydrogens (tertiary/aromatic N) is 2. The molecule has 3 heterocycles. The molecule has 1 aromatic heterocycles. The maximum atomic E-state index is 12.3. The average molecular weight is 280 g/mol. The molecule has 4 rings (SSSR count). The molecule has 0 bridgehead atoms. The number of hydrogen-bond donors (Lipinski definition) is 0. The second-order valence-electron chi connectivity index (χ2n) is 5.39. The smallest absolute Gasteiger partial charge is 0.411 e. The largest absolute Gasteiger partial charge is 0.447 e. The van der Waals surface area contributed by atoms with Crippen molar-refractivity contribution in [3.8, 4) is 0 Å². The van der Waals surface area contributed by atoms with E-state index in [9.17, 15) is 4.79 Å². The highest BCUT2D eigenvalue weighted by Crippen LogP contribution is 2.39. The molecule has 0 N–H and O–H groups in total. The van der Waals surface area contributed by atoms with Gasteiger partial charge in [-0.3, -0.25) is 4.90 Å². The zero-order chi connectivity index (χ0) is 14.2. The standard InChI is InChI=1S/C17H16N2O2/c20-17-19(15-9-5-11-18-10-4-8-14(15)18)16(12-21-17)13-6-2-1-3-7-13/h1-8,10-11,15-16H,9,12H2/t15-,16+/m0/s1. The SMILES string of the molecule is O=C1OC[C@H](c2ccccc2)N1[C@H]1CC=Cn2cccc21. The number of hydrogen-bond acceptors (Lipinski definition) is 2. The number of cyclic esters (lactones) is 1. The summed E-state index contributed by atoms with van der Waals surface area (Å²) in [6.45, 7) is 0.420. The maximum Gasteiger partial charge on any atom is 0.411 e. The number of carbonyl (C=O) groups is 1. The Hall–Kier alpha value is -2.49. The number of aromatic nitrogens is 1. The van der Waals surface area contributed by atoms with E-state index in [-0.39, 0.29) is 18.2 Å². The Balaban J connectivity index is 1.73. The lowest BCUT2D eigenvalue weighted by molar-refractivity contribution is 0.142. The lowest BCUT2D eigenvalue weighted by atomic mass is 10.0. The van der Waals surface area contributed by atoms with Gasteiger partial charge in [0.25, 0.3) is 0 Å². The third-order valence-corrected chi connectivity index (χ3v) is 4.21. The molecule has 1 fully saturated rings. The van der Waals surface area contributed by atoms with Crippen molar-refractivity contribution >= 4 is 12.3 Å². The molecule has 0 unspecified atom stereocenters. The van der Waals surface area contributed by atoms with Crippen molar-refractivity contribution in [3.05, 3.63) is 66.0 Å². The molecule has 1 aromatic carbocycles. The molecule has 1 amide bonds. The van der Waals surface area contributed by atoms with E-state index in [1.807, 2.05) is 41.6 Å². The molecule has 1 saturated heterocycles. The van der Waals surface area contributed by atoms with E-state index < -0.39 is 0 Å². The van der Waals surface area contributed by atoms with Crippen LogP contribution < -0.4 is 0 Å². The number of rotatable bonds is 2. The number of amides is 1. The zero-order valence-electron chi connectivity index (χ0n) is 11.6. The summed E-state index contributed by atoms with van der Waals surface area (Å²) in [6.07, 6.45) is 6.76. The fraction of sp³-hybridized carbons (Fsp3) is 0.235. The summed E-state index contributed by atoms with van der Waals surface area (Å²) in [6, 6.07) is 14.2. The van der Waals surface area contributed by atoms with Gasteiger partial charge < -0.3 is 9.30 Å². The third-order valence-electron chi connectivity index (χ3n) is 4.21.